The Labute approximate surface area is 496 Å². The summed E-state index contributed by atoms with van der Waals surface area (Å²) in [6.45, 7) is 5.65. The minimum absolute atomic E-state index is 0.0190. The second-order valence-corrected chi connectivity index (χ2v) is 22.7. The number of hydrogen-bond donors (Lipinski definition) is 7. The zero-order chi connectivity index (χ0) is 60.8. The molecule has 0 unspecified atom stereocenters. The normalized spacial score (nSPS) is 17.1. The molecule has 85 heavy (non-hydrogen) atoms. The fraction of sp³-hybridized carbons (Fsp3) is 0.483. The largest absolute Gasteiger partial charge is 0.445 e. The van der Waals surface area contributed by atoms with E-state index in [0.29, 0.717) is 81.2 Å². The number of nitrogens with two attached hydrogens (primary N) is 1. The molecule has 3 aromatic carbocycles. The highest BCUT2D eigenvalue weighted by Gasteiger charge is 2.40. The highest BCUT2D eigenvalue weighted by Crippen LogP contribution is 2.38. The molecule has 0 bridgehead atoms. The van der Waals surface area contributed by atoms with Gasteiger partial charge in [-0.05, 0) is 91.8 Å². The fourth-order valence-electron chi connectivity index (χ4n) is 10.3. The number of anilines is 1. The first-order chi connectivity index (χ1) is 40.9. The number of imide groups is 1. The smallest absolute Gasteiger partial charge is 0.407 e. The van der Waals surface area contributed by atoms with Crippen LogP contribution in [0.2, 0.25) is 0 Å². The van der Waals surface area contributed by atoms with Crippen molar-refractivity contribution in [3.8, 4) is 11.3 Å². The van der Waals surface area contributed by atoms with Gasteiger partial charge in [-0.2, -0.15) is 11.8 Å². The SMILES string of the molecule is CC(C)[C@H](NC(=O)CCCCCN1C(=O)C=CC1=O)C(=O)N[C@@H](CCCNC(N)=O)C(=O)Nc1ccc(COC(=O)NCCSCC(=O)N(C[C@@H]2CNC[C@@H]2F)[C@@H](c2nc(-c3cc(F)ccc3F)cn2Cc2ccccc2)C2CCOCC2)cc1. The average Bonchev–Trinajstić information content (AvgIpc) is 2.97. The molecule has 2 fully saturated rings. The molecule has 4 heterocycles. The molecule has 7 rings (SSSR count). The lowest BCUT2D eigenvalue weighted by molar-refractivity contribution is -0.137. The predicted octanol–water partition coefficient (Wildman–Crippen LogP) is 5.89. The van der Waals surface area contributed by atoms with E-state index in [1.807, 2.05) is 34.9 Å². The summed E-state index contributed by atoms with van der Waals surface area (Å²) in [5.41, 5.74) is 7.26. The quantitative estimate of drug-likeness (QED) is 0.0229. The number of carbonyl (C=O) groups is 8. The first-order valence-corrected chi connectivity index (χ1v) is 29.9. The van der Waals surface area contributed by atoms with Crippen LogP contribution in [0.5, 0.6) is 0 Å². The summed E-state index contributed by atoms with van der Waals surface area (Å²) < 4.78 is 58.6. The Morgan fingerprint density at radius 1 is 0.871 bits per heavy atom. The van der Waals surface area contributed by atoms with E-state index < -0.39 is 65.8 Å². The van der Waals surface area contributed by atoms with Gasteiger partial charge in [-0.1, -0.05) is 62.7 Å². The molecule has 3 aliphatic rings. The lowest BCUT2D eigenvalue weighted by Crippen LogP contribution is -2.54. The van der Waals surface area contributed by atoms with Crippen LogP contribution in [0.4, 0.5) is 28.4 Å². The van der Waals surface area contributed by atoms with Crippen molar-refractivity contribution >= 4 is 65.0 Å². The number of imidazole rings is 1. The van der Waals surface area contributed by atoms with Crippen molar-refractivity contribution < 1.29 is 61.0 Å². The number of halogens is 3. The molecular weight excluding hydrogens is 1120 g/mol. The van der Waals surface area contributed by atoms with E-state index in [-0.39, 0.29) is 111 Å². The summed E-state index contributed by atoms with van der Waals surface area (Å²) in [6, 6.07) is 15.7. The zero-order valence-corrected chi connectivity index (χ0v) is 48.7. The minimum atomic E-state index is -1.21. The third-order valence-electron chi connectivity index (χ3n) is 14.9. The molecule has 4 aromatic rings. The maximum Gasteiger partial charge on any atom is 0.407 e. The number of carbonyl (C=O) groups excluding carboxylic acids is 8. The summed E-state index contributed by atoms with van der Waals surface area (Å²) in [7, 11) is 0. The summed E-state index contributed by atoms with van der Waals surface area (Å²) in [5.74, 6) is -4.12. The number of thioether (sulfide) groups is 1. The first-order valence-electron chi connectivity index (χ1n) is 28.8. The lowest BCUT2D eigenvalue weighted by atomic mass is 9.88. The Bertz CT molecular complexity index is 2950. The maximum absolute atomic E-state index is 15.5. The number of rotatable bonds is 31. The van der Waals surface area contributed by atoms with E-state index in [9.17, 15) is 42.7 Å². The van der Waals surface area contributed by atoms with E-state index in [2.05, 4.69) is 31.9 Å². The molecule has 21 nitrogen and oxygen atoms in total. The molecule has 5 atom stereocenters. The topological polar surface area (TPSA) is 278 Å². The van der Waals surface area contributed by atoms with Gasteiger partial charge in [0.1, 0.15) is 42.3 Å². The Morgan fingerprint density at radius 2 is 1.61 bits per heavy atom. The molecule has 2 saturated heterocycles. The van der Waals surface area contributed by atoms with Crippen molar-refractivity contribution in [1.29, 1.82) is 0 Å². The van der Waals surface area contributed by atoms with E-state index in [0.717, 1.165) is 28.7 Å². The number of hydrogen-bond acceptors (Lipinski definition) is 13. The van der Waals surface area contributed by atoms with Gasteiger partial charge in [0.15, 0.2) is 0 Å². The van der Waals surface area contributed by atoms with Crippen LogP contribution in [0, 0.1) is 29.4 Å². The number of benzene rings is 3. The van der Waals surface area contributed by atoms with Crippen LogP contribution in [0.25, 0.3) is 11.3 Å². The van der Waals surface area contributed by atoms with Gasteiger partial charge in [0.05, 0.1) is 17.5 Å². The van der Waals surface area contributed by atoms with Crippen LogP contribution >= 0.6 is 11.8 Å². The fourth-order valence-corrected chi connectivity index (χ4v) is 11.1. The molecule has 9 amide bonds. The average molecular weight is 1200 g/mol. The first kappa shape index (κ1) is 64.8. The summed E-state index contributed by atoms with van der Waals surface area (Å²) in [4.78, 5) is 111. The van der Waals surface area contributed by atoms with Gasteiger partial charge in [0.2, 0.25) is 23.6 Å². The number of aromatic nitrogens is 2. The van der Waals surface area contributed by atoms with Gasteiger partial charge < -0.3 is 56.6 Å². The number of amides is 9. The van der Waals surface area contributed by atoms with Gasteiger partial charge in [0, 0.05) is 107 Å². The number of urea groups is 1. The molecule has 1 aromatic heterocycles. The van der Waals surface area contributed by atoms with Gasteiger partial charge in [-0.3, -0.25) is 33.7 Å². The number of ether oxygens (including phenoxy) is 2. The Morgan fingerprint density at radius 3 is 2.31 bits per heavy atom. The van der Waals surface area contributed by atoms with E-state index >= 15 is 8.78 Å². The van der Waals surface area contributed by atoms with Gasteiger partial charge >= 0.3 is 12.1 Å². The minimum Gasteiger partial charge on any atom is -0.445 e. The van der Waals surface area contributed by atoms with Crippen LogP contribution in [-0.2, 0) is 51.4 Å². The summed E-state index contributed by atoms with van der Waals surface area (Å²) in [5, 5.41) is 16.6. The highest BCUT2D eigenvalue weighted by molar-refractivity contribution is 7.99. The van der Waals surface area contributed by atoms with Gasteiger partial charge in [-0.15, -0.1) is 0 Å². The Hall–Kier alpha value is -7.77. The van der Waals surface area contributed by atoms with Crippen LogP contribution in [0.15, 0.2) is 91.1 Å². The molecule has 3 aliphatic heterocycles. The predicted molar refractivity (Wildman–Crippen MR) is 313 cm³/mol. The summed E-state index contributed by atoms with van der Waals surface area (Å²) >= 11 is 1.28. The van der Waals surface area contributed by atoms with Crippen LogP contribution in [0.3, 0.4) is 0 Å². The number of primary amides is 1. The van der Waals surface area contributed by atoms with E-state index in [4.69, 9.17) is 20.2 Å². The monoisotopic (exact) mass is 1200 g/mol. The molecule has 25 heteroatoms. The molecule has 0 radical (unpaired) electrons. The van der Waals surface area contributed by atoms with Crippen molar-refractivity contribution in [2.45, 2.75) is 103 Å². The number of alkyl carbamates (subject to hydrolysis) is 1. The molecule has 0 aliphatic carbocycles. The lowest BCUT2D eigenvalue weighted by Gasteiger charge is -2.40. The molecule has 458 valence electrons. The Balaban J connectivity index is 0.914. The summed E-state index contributed by atoms with van der Waals surface area (Å²) in [6.07, 6.45) is 5.33. The number of nitrogens with one attached hydrogen (secondary N) is 6. The standard InChI is InChI=1S/C60H76F3N11O10S/c1-38(2)54(71-50(75)13-7-4-8-26-73-51(76)20-21-52(73)77)58(80)70-48(12-9-24-66-59(64)81)57(79)68-44-17-14-40(15-18-44)36-84-60(82)67-25-29-85-37-53(78)74(34-42-31-65-32-47(42)63)55(41-22-27-83-28-23-41)56-69-49(45-30-43(61)16-19-46(45)62)35-72(56)33-39-10-5-3-6-11-39/h3,5-6,10-11,14-21,30,35,38,41-42,47-48,54-55,65H,4,7-9,12-13,22-29,31-34,36-37H2,1-2H3,(H,67,82)(H,68,79)(H,70,80)(H,71,75)(H3,64,66,81)/t42-,47-,48-,54-,55+/m0/s1. The van der Waals surface area contributed by atoms with Gasteiger partial charge in [-0.25, -0.2) is 27.7 Å². The second-order valence-electron chi connectivity index (χ2n) is 21.6. The Kier molecular flexibility index (Phi) is 24.8. The van der Waals surface area contributed by atoms with Crippen molar-refractivity contribution in [2.24, 2.45) is 23.5 Å². The van der Waals surface area contributed by atoms with Gasteiger partial charge in [0.25, 0.3) is 11.8 Å². The maximum atomic E-state index is 15.5. The second kappa shape index (κ2) is 32.5. The van der Waals surface area contributed by atoms with Crippen LogP contribution in [-0.4, -0.2) is 149 Å². The molecule has 8 N–H and O–H groups in total. The third-order valence-corrected chi connectivity index (χ3v) is 15.9. The number of nitrogens with zero attached hydrogens (tertiary/aromatic N) is 4. The van der Waals surface area contributed by atoms with E-state index in [1.165, 1.54) is 23.9 Å². The van der Waals surface area contributed by atoms with Crippen molar-refractivity contribution in [3.05, 3.63) is 120 Å². The number of unbranched alkanes of at least 4 members (excludes halogenated alkanes) is 2. The molecular formula is C60H76F3N11O10S. The van der Waals surface area contributed by atoms with Crippen molar-refractivity contribution in [2.75, 3.05) is 69.3 Å². The van der Waals surface area contributed by atoms with E-state index in [1.54, 1.807) is 49.2 Å². The zero-order valence-electron chi connectivity index (χ0n) is 47.8. The highest BCUT2D eigenvalue weighted by atomic mass is 32.2. The van der Waals surface area contributed by atoms with Crippen LogP contribution in [0.1, 0.15) is 88.2 Å². The van der Waals surface area contributed by atoms with Crippen molar-refractivity contribution in [3.63, 3.8) is 0 Å². The molecule has 0 spiro atoms. The van der Waals surface area contributed by atoms with Crippen molar-refractivity contribution in [1.82, 2.24) is 45.9 Å². The molecule has 0 saturated carbocycles. The third kappa shape index (κ3) is 19.6. The van der Waals surface area contributed by atoms with Crippen LogP contribution < -0.4 is 37.6 Å². The number of alkyl halides is 1.